The van der Waals surface area contributed by atoms with Crippen LogP contribution in [0.15, 0.2) is 30.5 Å². The van der Waals surface area contributed by atoms with Crippen LogP contribution in [0.4, 0.5) is 5.95 Å². The van der Waals surface area contributed by atoms with Crippen LogP contribution in [-0.4, -0.2) is 38.7 Å². The van der Waals surface area contributed by atoms with E-state index < -0.39 is 5.97 Å². The average molecular weight is 366 g/mol. The summed E-state index contributed by atoms with van der Waals surface area (Å²) in [6.07, 6.45) is 3.34. The number of carbonyl (C=O) groups is 2. The van der Waals surface area contributed by atoms with Crippen molar-refractivity contribution < 1.29 is 19.4 Å². The highest BCUT2D eigenvalue weighted by Gasteiger charge is 2.30. The second kappa shape index (κ2) is 6.39. The second-order valence-electron chi connectivity index (χ2n) is 6.61. The fourth-order valence-electron chi connectivity index (χ4n) is 2.96. The van der Waals surface area contributed by atoms with E-state index in [1.807, 2.05) is 19.1 Å². The summed E-state index contributed by atoms with van der Waals surface area (Å²) in [6, 6.07) is 6.99. The number of carboxylic acids is 1. The highest BCUT2D eigenvalue weighted by molar-refractivity contribution is 5.98. The van der Waals surface area contributed by atoms with Crippen LogP contribution >= 0.6 is 0 Å². The van der Waals surface area contributed by atoms with Gasteiger partial charge in [-0.15, -0.1) is 5.10 Å². The molecule has 138 valence electrons. The van der Waals surface area contributed by atoms with Crippen molar-refractivity contribution in [2.45, 2.75) is 19.8 Å². The van der Waals surface area contributed by atoms with Gasteiger partial charge in [-0.25, -0.2) is 9.31 Å². The average Bonchev–Trinajstić information content (AvgIpc) is 3.41. The number of nitrogens with one attached hydrogen (secondary N) is 1. The molecule has 2 N–H and O–H groups in total. The number of aromatic nitrogens is 3. The molecule has 3 aromatic rings. The van der Waals surface area contributed by atoms with Crippen molar-refractivity contribution in [1.29, 1.82) is 0 Å². The van der Waals surface area contributed by atoms with Crippen molar-refractivity contribution in [3.8, 4) is 16.9 Å². The largest absolute Gasteiger partial charge is 0.496 e. The Labute approximate surface area is 154 Å². The van der Waals surface area contributed by atoms with Crippen molar-refractivity contribution in [3.63, 3.8) is 0 Å². The Morgan fingerprint density at radius 1 is 1.26 bits per heavy atom. The molecule has 1 fully saturated rings. The van der Waals surface area contributed by atoms with Crippen LogP contribution in [-0.2, 0) is 4.79 Å². The molecule has 27 heavy (non-hydrogen) atoms. The number of rotatable bonds is 5. The minimum absolute atomic E-state index is 0.0262. The van der Waals surface area contributed by atoms with Gasteiger partial charge in [-0.2, -0.15) is 4.98 Å². The number of aromatic carboxylic acids is 1. The Hall–Kier alpha value is -3.42. The Kier molecular flexibility index (Phi) is 4.02. The highest BCUT2D eigenvalue weighted by atomic mass is 16.5. The molecule has 1 aliphatic carbocycles. The number of carbonyl (C=O) groups excluding carboxylic acids is 1. The topological polar surface area (TPSA) is 106 Å². The third-order valence-electron chi connectivity index (χ3n) is 4.53. The predicted molar refractivity (Wildman–Crippen MR) is 98.0 cm³/mol. The molecule has 1 saturated carbocycles. The molecular formula is C19H18N4O4. The quantitative estimate of drug-likeness (QED) is 0.719. The SMILES string of the molecule is COc1ccc(C)cc1-c1cn2nc(NC(=O)C3CC3)nc2cc1C(=O)O. The van der Waals surface area contributed by atoms with Gasteiger partial charge >= 0.3 is 5.97 Å². The number of benzene rings is 1. The number of aryl methyl sites for hydroxylation is 1. The molecule has 1 aromatic carbocycles. The normalized spacial score (nSPS) is 13.6. The van der Waals surface area contributed by atoms with E-state index in [1.54, 1.807) is 12.3 Å². The summed E-state index contributed by atoms with van der Waals surface area (Å²) < 4.78 is 6.86. The van der Waals surface area contributed by atoms with Crippen molar-refractivity contribution in [2.24, 2.45) is 5.92 Å². The van der Waals surface area contributed by atoms with Crippen LogP contribution in [0.1, 0.15) is 28.8 Å². The van der Waals surface area contributed by atoms with Crippen LogP contribution in [0.3, 0.4) is 0 Å². The summed E-state index contributed by atoms with van der Waals surface area (Å²) in [6.45, 7) is 1.92. The van der Waals surface area contributed by atoms with Gasteiger partial charge in [0.05, 0.1) is 12.7 Å². The molecule has 8 heteroatoms. The third kappa shape index (κ3) is 3.21. The Morgan fingerprint density at radius 2 is 2.04 bits per heavy atom. The lowest BCUT2D eigenvalue weighted by Gasteiger charge is -2.12. The van der Waals surface area contributed by atoms with E-state index in [0.717, 1.165) is 18.4 Å². The van der Waals surface area contributed by atoms with Crippen molar-refractivity contribution in [1.82, 2.24) is 14.6 Å². The van der Waals surface area contributed by atoms with Gasteiger partial charge < -0.3 is 9.84 Å². The monoisotopic (exact) mass is 366 g/mol. The summed E-state index contributed by atoms with van der Waals surface area (Å²) >= 11 is 0. The zero-order chi connectivity index (χ0) is 19.1. The molecule has 0 atom stereocenters. The van der Waals surface area contributed by atoms with E-state index in [2.05, 4.69) is 15.4 Å². The molecule has 1 amide bonds. The number of hydrogen-bond acceptors (Lipinski definition) is 5. The summed E-state index contributed by atoms with van der Waals surface area (Å²) in [5, 5.41) is 16.6. The first-order chi connectivity index (χ1) is 13.0. The first-order valence-electron chi connectivity index (χ1n) is 8.56. The molecule has 0 radical (unpaired) electrons. The number of pyridine rings is 1. The number of amides is 1. The first-order valence-corrected chi connectivity index (χ1v) is 8.56. The number of nitrogens with zero attached hydrogens (tertiary/aromatic N) is 3. The molecule has 0 bridgehead atoms. The fraction of sp³-hybridized carbons (Fsp3) is 0.263. The van der Waals surface area contributed by atoms with E-state index >= 15 is 0 Å². The Balaban J connectivity index is 1.84. The summed E-state index contributed by atoms with van der Waals surface area (Å²) in [7, 11) is 1.54. The summed E-state index contributed by atoms with van der Waals surface area (Å²) in [4.78, 5) is 28.0. The molecule has 0 aliphatic heterocycles. The van der Waals surface area contributed by atoms with Gasteiger partial charge in [-0.3, -0.25) is 10.1 Å². The lowest BCUT2D eigenvalue weighted by molar-refractivity contribution is -0.117. The van der Waals surface area contributed by atoms with Gasteiger partial charge in [0.15, 0.2) is 5.65 Å². The summed E-state index contributed by atoms with van der Waals surface area (Å²) in [5.74, 6) is -0.438. The summed E-state index contributed by atoms with van der Waals surface area (Å²) in [5.41, 5.74) is 2.50. The number of anilines is 1. The van der Waals surface area contributed by atoms with Crippen LogP contribution in [0.5, 0.6) is 5.75 Å². The minimum atomic E-state index is -1.08. The molecule has 2 heterocycles. The van der Waals surface area contributed by atoms with Gasteiger partial charge in [0.2, 0.25) is 11.9 Å². The lowest BCUT2D eigenvalue weighted by atomic mass is 9.99. The predicted octanol–water partition coefficient (Wildman–Crippen LogP) is 2.76. The maximum atomic E-state index is 11.9. The van der Waals surface area contributed by atoms with Crippen LogP contribution in [0, 0.1) is 12.8 Å². The number of ether oxygens (including phenoxy) is 1. The number of hydrogen-bond donors (Lipinski definition) is 2. The minimum Gasteiger partial charge on any atom is -0.496 e. The van der Waals surface area contributed by atoms with Crippen LogP contribution < -0.4 is 10.1 Å². The van der Waals surface area contributed by atoms with Gasteiger partial charge in [-0.05, 0) is 38.0 Å². The Bertz CT molecular complexity index is 1070. The molecule has 8 nitrogen and oxygen atoms in total. The lowest BCUT2D eigenvalue weighted by Crippen LogP contribution is -2.14. The molecule has 4 rings (SSSR count). The van der Waals surface area contributed by atoms with E-state index in [0.29, 0.717) is 22.5 Å². The standard InChI is InChI=1S/C19H18N4O4/c1-10-3-6-15(27-2)12(7-10)14-9-23-16(8-13(14)18(25)26)20-19(22-23)21-17(24)11-4-5-11/h3,6-9,11H,4-5H2,1-2H3,(H,25,26)(H,21,22,24). The number of carboxylic acid groups (broad SMARTS) is 1. The van der Waals surface area contributed by atoms with E-state index in [4.69, 9.17) is 4.74 Å². The molecule has 2 aromatic heterocycles. The van der Waals surface area contributed by atoms with Crippen molar-refractivity contribution in [2.75, 3.05) is 12.4 Å². The molecular weight excluding hydrogens is 348 g/mol. The van der Waals surface area contributed by atoms with Crippen LogP contribution in [0.25, 0.3) is 16.8 Å². The fourth-order valence-corrected chi connectivity index (χ4v) is 2.96. The third-order valence-corrected chi connectivity index (χ3v) is 4.53. The van der Waals surface area contributed by atoms with Gasteiger partial charge in [-0.1, -0.05) is 11.6 Å². The zero-order valence-electron chi connectivity index (χ0n) is 14.9. The maximum absolute atomic E-state index is 11.9. The highest BCUT2D eigenvalue weighted by Crippen LogP contribution is 2.34. The van der Waals surface area contributed by atoms with E-state index in [1.165, 1.54) is 17.7 Å². The van der Waals surface area contributed by atoms with Gasteiger partial charge in [0.25, 0.3) is 0 Å². The van der Waals surface area contributed by atoms with Gasteiger partial charge in [0, 0.05) is 23.2 Å². The first kappa shape index (κ1) is 17.0. The van der Waals surface area contributed by atoms with Gasteiger partial charge in [0.1, 0.15) is 5.75 Å². The molecule has 0 saturated heterocycles. The molecule has 0 unspecified atom stereocenters. The second-order valence-corrected chi connectivity index (χ2v) is 6.61. The Morgan fingerprint density at radius 3 is 2.70 bits per heavy atom. The maximum Gasteiger partial charge on any atom is 0.336 e. The van der Waals surface area contributed by atoms with Crippen molar-refractivity contribution in [3.05, 3.63) is 41.6 Å². The van der Waals surface area contributed by atoms with Crippen molar-refractivity contribution >= 4 is 23.5 Å². The number of fused-ring (bicyclic) bond motifs is 1. The van der Waals surface area contributed by atoms with Crippen LogP contribution in [0.2, 0.25) is 0 Å². The zero-order valence-corrected chi connectivity index (χ0v) is 14.9. The number of methoxy groups -OCH3 is 1. The van der Waals surface area contributed by atoms with E-state index in [9.17, 15) is 14.7 Å². The molecule has 0 spiro atoms. The smallest absolute Gasteiger partial charge is 0.336 e. The molecule has 1 aliphatic rings. The van der Waals surface area contributed by atoms with E-state index in [-0.39, 0.29) is 23.3 Å².